The average Bonchev–Trinajstić information content (AvgIpc) is 2.83. The first kappa shape index (κ1) is 17.5. The zero-order chi connectivity index (χ0) is 17.5. The molecule has 24 heavy (non-hydrogen) atoms. The van der Waals surface area contributed by atoms with E-state index in [9.17, 15) is 8.78 Å². The molecule has 3 heterocycles. The molecule has 2 aliphatic heterocycles. The van der Waals surface area contributed by atoms with Gasteiger partial charge in [-0.15, -0.1) is 0 Å². The monoisotopic (exact) mass is 344 g/mol. The molecule has 2 N–H and O–H groups in total. The second-order valence-electron chi connectivity index (χ2n) is 6.58. The van der Waals surface area contributed by atoms with Gasteiger partial charge >= 0.3 is 0 Å². The van der Waals surface area contributed by atoms with E-state index in [4.69, 9.17) is 24.7 Å². The fraction of sp³-hybridized carbons (Fsp3) is 0.688. The third kappa shape index (κ3) is 3.51. The highest BCUT2D eigenvalue weighted by molar-refractivity contribution is 5.19. The number of nitrogens with two attached hydrogens (primary N) is 1. The maximum absolute atomic E-state index is 13.4. The average molecular weight is 344 g/mol. The molecule has 8 heteroatoms. The van der Waals surface area contributed by atoms with E-state index in [1.807, 2.05) is 0 Å². The van der Waals surface area contributed by atoms with E-state index in [1.165, 1.54) is 18.2 Å². The molecule has 3 rings (SSSR count). The molecule has 0 radical (unpaired) electrons. The van der Waals surface area contributed by atoms with Crippen molar-refractivity contribution in [2.75, 3.05) is 13.2 Å². The maximum Gasteiger partial charge on any atom is 0.287 e. The summed E-state index contributed by atoms with van der Waals surface area (Å²) in [7, 11) is 0. The second kappa shape index (κ2) is 6.18. The van der Waals surface area contributed by atoms with Crippen LogP contribution in [0, 0.1) is 0 Å². The van der Waals surface area contributed by atoms with Gasteiger partial charge in [0.05, 0.1) is 12.7 Å². The van der Waals surface area contributed by atoms with Gasteiger partial charge in [-0.1, -0.05) is 6.07 Å². The molecule has 2 saturated heterocycles. The Hall–Kier alpha value is -1.35. The molecular weight excluding hydrogens is 322 g/mol. The van der Waals surface area contributed by atoms with Gasteiger partial charge in [0.2, 0.25) is 5.88 Å². The normalized spacial score (nSPS) is 32.4. The van der Waals surface area contributed by atoms with Gasteiger partial charge in [-0.25, -0.2) is 4.98 Å². The smallest absolute Gasteiger partial charge is 0.287 e. The van der Waals surface area contributed by atoms with Gasteiger partial charge in [0.25, 0.3) is 5.92 Å². The minimum absolute atomic E-state index is 0.0980. The van der Waals surface area contributed by atoms with Crippen LogP contribution in [0.15, 0.2) is 18.2 Å². The van der Waals surface area contributed by atoms with Crippen LogP contribution in [0.4, 0.5) is 8.78 Å². The van der Waals surface area contributed by atoms with Gasteiger partial charge in [-0.3, -0.25) is 0 Å². The largest absolute Gasteiger partial charge is 0.469 e. The number of fused-ring (bicyclic) bond motifs is 1. The highest BCUT2D eigenvalue weighted by Crippen LogP contribution is 2.36. The summed E-state index contributed by atoms with van der Waals surface area (Å²) in [6.45, 7) is 4.90. The van der Waals surface area contributed by atoms with Crippen LogP contribution in [-0.2, 0) is 20.1 Å². The summed E-state index contributed by atoms with van der Waals surface area (Å²) in [5, 5.41) is 0. The molecule has 0 saturated carbocycles. The van der Waals surface area contributed by atoms with Crippen molar-refractivity contribution in [2.45, 2.75) is 56.9 Å². The molecule has 2 aliphatic rings. The van der Waals surface area contributed by atoms with Gasteiger partial charge in [-0.05, 0) is 19.9 Å². The standard InChI is InChI=1S/C16H22F2N2O4/c1-15(2)23-13-9(7-19)21-8-10(14(13)24-15)22-12-6-4-5-11(20-12)16(3,17)18/h4-6,9-10,13-14H,7-8,19H2,1-3H3/t9-,10+,13+,14-/m1/s1. The maximum atomic E-state index is 13.4. The Bertz CT molecular complexity index is 594. The van der Waals surface area contributed by atoms with Crippen LogP contribution in [0.3, 0.4) is 0 Å². The Labute approximate surface area is 139 Å². The number of halogens is 2. The van der Waals surface area contributed by atoms with Crippen molar-refractivity contribution in [1.29, 1.82) is 0 Å². The molecule has 134 valence electrons. The minimum atomic E-state index is -3.04. The van der Waals surface area contributed by atoms with Gasteiger partial charge in [0.15, 0.2) is 11.9 Å². The zero-order valence-electron chi connectivity index (χ0n) is 13.9. The first-order chi connectivity index (χ1) is 11.2. The van der Waals surface area contributed by atoms with Gasteiger partial charge in [-0.2, -0.15) is 8.78 Å². The summed E-state index contributed by atoms with van der Waals surface area (Å²) in [6.07, 6.45) is -1.60. The summed E-state index contributed by atoms with van der Waals surface area (Å²) in [6, 6.07) is 4.27. The van der Waals surface area contributed by atoms with Crippen molar-refractivity contribution in [3.05, 3.63) is 23.9 Å². The first-order valence-electron chi connectivity index (χ1n) is 7.89. The number of rotatable bonds is 4. The number of hydrogen-bond donors (Lipinski definition) is 1. The Morgan fingerprint density at radius 2 is 2.04 bits per heavy atom. The molecule has 0 bridgehead atoms. The Balaban J connectivity index is 1.78. The number of nitrogens with zero attached hydrogens (tertiary/aromatic N) is 1. The molecule has 0 amide bonds. The van der Waals surface area contributed by atoms with Crippen molar-refractivity contribution in [1.82, 2.24) is 4.98 Å². The van der Waals surface area contributed by atoms with Gasteiger partial charge in [0.1, 0.15) is 17.9 Å². The van der Waals surface area contributed by atoms with Crippen molar-refractivity contribution < 1.29 is 27.7 Å². The van der Waals surface area contributed by atoms with Gasteiger partial charge in [0, 0.05) is 19.5 Å². The summed E-state index contributed by atoms with van der Waals surface area (Å²) < 4.78 is 50.1. The predicted octanol–water partition coefficient (Wildman–Crippen LogP) is 1.82. The fourth-order valence-electron chi connectivity index (χ4n) is 2.98. The molecule has 1 aromatic heterocycles. The predicted molar refractivity (Wildman–Crippen MR) is 80.8 cm³/mol. The van der Waals surface area contributed by atoms with Crippen LogP contribution in [0.5, 0.6) is 5.88 Å². The zero-order valence-corrected chi connectivity index (χ0v) is 13.9. The lowest BCUT2D eigenvalue weighted by atomic mass is 10.00. The number of ether oxygens (including phenoxy) is 4. The van der Waals surface area contributed by atoms with Crippen molar-refractivity contribution >= 4 is 0 Å². The molecule has 0 unspecified atom stereocenters. The SMILES string of the molecule is CC1(C)O[C@@H]2[C@H](O1)[C@@H](Oc1cccc(C(C)(F)F)n1)CO[C@@H]2CN. The van der Waals surface area contributed by atoms with Gasteiger partial charge < -0.3 is 24.7 Å². The first-order valence-corrected chi connectivity index (χ1v) is 7.89. The van der Waals surface area contributed by atoms with E-state index in [0.29, 0.717) is 6.54 Å². The molecule has 1 aromatic rings. The van der Waals surface area contributed by atoms with Crippen LogP contribution >= 0.6 is 0 Å². The Morgan fingerprint density at radius 1 is 1.33 bits per heavy atom. The highest BCUT2D eigenvalue weighted by atomic mass is 19.3. The topological polar surface area (TPSA) is 75.8 Å². The summed E-state index contributed by atoms with van der Waals surface area (Å²) in [5.41, 5.74) is 5.37. The number of aromatic nitrogens is 1. The molecule has 4 atom stereocenters. The summed E-state index contributed by atoms with van der Waals surface area (Å²) in [5.74, 6) is -3.73. The lowest BCUT2D eigenvalue weighted by Crippen LogP contribution is -2.55. The Kier molecular flexibility index (Phi) is 4.50. The lowest BCUT2D eigenvalue weighted by Gasteiger charge is -2.36. The third-order valence-corrected chi connectivity index (χ3v) is 4.05. The van der Waals surface area contributed by atoms with Crippen molar-refractivity contribution in [2.24, 2.45) is 5.73 Å². The molecule has 6 nitrogen and oxygen atoms in total. The summed E-state index contributed by atoms with van der Waals surface area (Å²) in [4.78, 5) is 3.88. The number of pyridine rings is 1. The minimum Gasteiger partial charge on any atom is -0.469 e. The van der Waals surface area contributed by atoms with Crippen LogP contribution in [-0.4, -0.2) is 48.3 Å². The van der Waals surface area contributed by atoms with E-state index < -0.39 is 23.9 Å². The van der Waals surface area contributed by atoms with Crippen LogP contribution in [0.25, 0.3) is 0 Å². The molecule has 0 aromatic carbocycles. The van der Waals surface area contributed by atoms with E-state index in [1.54, 1.807) is 13.8 Å². The Morgan fingerprint density at radius 3 is 2.71 bits per heavy atom. The van der Waals surface area contributed by atoms with Crippen LogP contribution in [0.2, 0.25) is 0 Å². The second-order valence-corrected chi connectivity index (χ2v) is 6.58. The highest BCUT2D eigenvalue weighted by Gasteiger charge is 2.52. The third-order valence-electron chi connectivity index (χ3n) is 4.05. The van der Waals surface area contributed by atoms with E-state index >= 15 is 0 Å². The molecule has 0 aliphatic carbocycles. The molecular formula is C16H22F2N2O4. The van der Waals surface area contributed by atoms with E-state index in [0.717, 1.165) is 6.92 Å². The molecule has 2 fully saturated rings. The number of alkyl halides is 2. The quantitative estimate of drug-likeness (QED) is 0.898. The van der Waals surface area contributed by atoms with Crippen LogP contribution in [0.1, 0.15) is 26.5 Å². The van der Waals surface area contributed by atoms with Crippen molar-refractivity contribution in [3.8, 4) is 5.88 Å². The number of hydrogen-bond acceptors (Lipinski definition) is 6. The van der Waals surface area contributed by atoms with Crippen LogP contribution < -0.4 is 10.5 Å². The van der Waals surface area contributed by atoms with E-state index in [-0.39, 0.29) is 30.4 Å². The summed E-state index contributed by atoms with van der Waals surface area (Å²) >= 11 is 0. The molecule has 0 spiro atoms. The fourth-order valence-corrected chi connectivity index (χ4v) is 2.98. The van der Waals surface area contributed by atoms with Crippen molar-refractivity contribution in [3.63, 3.8) is 0 Å². The van der Waals surface area contributed by atoms with E-state index in [2.05, 4.69) is 4.98 Å². The lowest BCUT2D eigenvalue weighted by molar-refractivity contribution is -0.153.